The summed E-state index contributed by atoms with van der Waals surface area (Å²) in [7, 11) is 1.69. The minimum Gasteiger partial charge on any atom is -0.493 e. The van der Waals surface area contributed by atoms with Crippen molar-refractivity contribution < 1.29 is 19.4 Å². The van der Waals surface area contributed by atoms with Gasteiger partial charge < -0.3 is 29.3 Å². The number of hydrogen-bond donors (Lipinski definition) is 1. The predicted molar refractivity (Wildman–Crippen MR) is 141 cm³/mol. The maximum Gasteiger partial charge on any atom is 0.320 e. The number of anilines is 1. The molecule has 0 radical (unpaired) electrons. The second-order valence-electron chi connectivity index (χ2n) is 10.4. The summed E-state index contributed by atoms with van der Waals surface area (Å²) < 4.78 is 12.0. The Morgan fingerprint density at radius 3 is 2.50 bits per heavy atom. The van der Waals surface area contributed by atoms with Gasteiger partial charge in [-0.3, -0.25) is 0 Å². The molecule has 2 amide bonds. The highest BCUT2D eigenvalue weighted by atomic mass is 16.5. The fraction of sp³-hybridized carbons (Fsp3) is 0.552. The summed E-state index contributed by atoms with van der Waals surface area (Å²) in [6, 6.07) is 16.8. The fourth-order valence-corrected chi connectivity index (χ4v) is 5.88. The van der Waals surface area contributed by atoms with Crippen molar-refractivity contribution in [1.82, 2.24) is 9.80 Å². The summed E-state index contributed by atoms with van der Waals surface area (Å²) in [5.74, 6) is 1.78. The normalized spacial score (nSPS) is 22.8. The van der Waals surface area contributed by atoms with Crippen molar-refractivity contribution >= 4 is 11.7 Å². The van der Waals surface area contributed by atoms with E-state index in [2.05, 4.69) is 46.2 Å². The molecule has 7 nitrogen and oxygen atoms in total. The molecular weight excluding hydrogens is 454 g/mol. The second-order valence-corrected chi connectivity index (χ2v) is 10.4. The Morgan fingerprint density at radius 2 is 1.78 bits per heavy atom. The van der Waals surface area contributed by atoms with Gasteiger partial charge in [0.2, 0.25) is 0 Å². The van der Waals surface area contributed by atoms with Crippen molar-refractivity contribution in [3.63, 3.8) is 0 Å². The first kappa shape index (κ1) is 24.8. The molecule has 3 fully saturated rings. The lowest BCUT2D eigenvalue weighted by Crippen LogP contribution is -2.58. The number of likely N-dealkylation sites (tertiary alicyclic amines) is 1. The first-order valence-corrected chi connectivity index (χ1v) is 13.4. The third-order valence-electron chi connectivity index (χ3n) is 7.97. The third kappa shape index (κ3) is 5.56. The van der Waals surface area contributed by atoms with Crippen LogP contribution in [0.5, 0.6) is 11.5 Å². The molecule has 3 aliphatic rings. The van der Waals surface area contributed by atoms with Crippen molar-refractivity contribution in [2.24, 2.45) is 5.92 Å². The van der Waals surface area contributed by atoms with E-state index in [1.165, 1.54) is 18.4 Å². The number of carbonyl (C=O) groups is 1. The van der Waals surface area contributed by atoms with E-state index < -0.39 is 0 Å². The minimum atomic E-state index is 0.0585. The smallest absolute Gasteiger partial charge is 0.320 e. The Hall–Kier alpha value is -2.93. The zero-order chi connectivity index (χ0) is 24.9. The molecule has 194 valence electrons. The molecule has 2 aromatic rings. The average molecular weight is 494 g/mol. The SMILES string of the molecule is COc1ccc(N2CCN(C(=O)N3CC[C@H](CO)C3)[C@@H](Cc3ccccc3)C2)cc1OC1CCCC1. The van der Waals surface area contributed by atoms with Gasteiger partial charge in [0.1, 0.15) is 0 Å². The Labute approximate surface area is 214 Å². The number of nitrogens with zero attached hydrogens (tertiary/aromatic N) is 3. The number of amides is 2. The molecule has 2 atom stereocenters. The second kappa shape index (κ2) is 11.4. The molecular formula is C29H39N3O4. The highest BCUT2D eigenvalue weighted by Gasteiger charge is 2.36. The number of ether oxygens (including phenoxy) is 2. The summed E-state index contributed by atoms with van der Waals surface area (Å²) in [4.78, 5) is 19.9. The maximum absolute atomic E-state index is 13.6. The van der Waals surface area contributed by atoms with Crippen LogP contribution in [-0.4, -0.2) is 79.5 Å². The lowest BCUT2D eigenvalue weighted by molar-refractivity contribution is 0.131. The maximum atomic E-state index is 13.6. The van der Waals surface area contributed by atoms with Crippen LogP contribution in [0.1, 0.15) is 37.7 Å². The molecule has 0 bridgehead atoms. The number of aliphatic hydroxyl groups is 1. The number of carbonyl (C=O) groups excluding carboxylic acids is 1. The number of piperazine rings is 1. The summed E-state index contributed by atoms with van der Waals surface area (Å²) in [5.41, 5.74) is 2.34. The van der Waals surface area contributed by atoms with Crippen molar-refractivity contribution in [1.29, 1.82) is 0 Å². The molecule has 1 N–H and O–H groups in total. The Morgan fingerprint density at radius 1 is 0.972 bits per heavy atom. The average Bonchev–Trinajstić information content (AvgIpc) is 3.61. The van der Waals surface area contributed by atoms with E-state index in [4.69, 9.17) is 9.47 Å². The minimum absolute atomic E-state index is 0.0585. The van der Waals surface area contributed by atoms with E-state index in [1.807, 2.05) is 17.0 Å². The number of hydrogen-bond acceptors (Lipinski definition) is 5. The van der Waals surface area contributed by atoms with Crippen molar-refractivity contribution in [3.8, 4) is 11.5 Å². The zero-order valence-electron chi connectivity index (χ0n) is 21.3. The van der Waals surface area contributed by atoms with Crippen LogP contribution in [0.25, 0.3) is 0 Å². The quantitative estimate of drug-likeness (QED) is 0.627. The van der Waals surface area contributed by atoms with Gasteiger partial charge in [0, 0.05) is 57.0 Å². The van der Waals surface area contributed by atoms with Gasteiger partial charge in [0.15, 0.2) is 11.5 Å². The van der Waals surface area contributed by atoms with Gasteiger partial charge in [-0.05, 0) is 56.2 Å². The summed E-state index contributed by atoms with van der Waals surface area (Å²) >= 11 is 0. The molecule has 1 saturated carbocycles. The molecule has 2 aliphatic heterocycles. The van der Waals surface area contributed by atoms with Crippen LogP contribution in [0.3, 0.4) is 0 Å². The topological polar surface area (TPSA) is 65.5 Å². The largest absolute Gasteiger partial charge is 0.493 e. The van der Waals surface area contributed by atoms with Crippen LogP contribution in [0, 0.1) is 5.92 Å². The lowest BCUT2D eigenvalue weighted by atomic mass is 10.0. The molecule has 2 heterocycles. The highest BCUT2D eigenvalue weighted by molar-refractivity contribution is 5.76. The van der Waals surface area contributed by atoms with Crippen LogP contribution in [0.15, 0.2) is 48.5 Å². The van der Waals surface area contributed by atoms with Crippen LogP contribution in [0.2, 0.25) is 0 Å². The zero-order valence-corrected chi connectivity index (χ0v) is 21.3. The van der Waals surface area contributed by atoms with Crippen molar-refractivity contribution in [3.05, 3.63) is 54.1 Å². The van der Waals surface area contributed by atoms with Gasteiger partial charge in [0.25, 0.3) is 0 Å². The standard InChI is InChI=1S/C29H39N3O4/c1-35-27-12-11-24(18-28(27)36-26-9-5-6-10-26)30-15-16-32(29(34)31-14-13-23(19-31)21-33)25(20-30)17-22-7-3-2-4-8-22/h2-4,7-8,11-12,18,23,25-26,33H,5-6,9-10,13-17,19-21H2,1H3/t23-,25-/m0/s1. The van der Waals surface area contributed by atoms with Gasteiger partial charge in [-0.15, -0.1) is 0 Å². The molecule has 2 aromatic carbocycles. The summed E-state index contributed by atoms with van der Waals surface area (Å²) in [6.07, 6.45) is 6.59. The number of rotatable bonds is 7. The molecule has 0 spiro atoms. The van der Waals surface area contributed by atoms with Crippen molar-refractivity contribution in [2.45, 2.75) is 50.7 Å². The van der Waals surface area contributed by atoms with E-state index in [0.29, 0.717) is 13.1 Å². The third-order valence-corrected chi connectivity index (χ3v) is 7.97. The molecule has 2 saturated heterocycles. The molecule has 0 aromatic heterocycles. The Bertz CT molecular complexity index is 1010. The van der Waals surface area contributed by atoms with E-state index in [1.54, 1.807) is 7.11 Å². The first-order chi connectivity index (χ1) is 17.6. The van der Waals surface area contributed by atoms with Gasteiger partial charge in [-0.2, -0.15) is 0 Å². The van der Waals surface area contributed by atoms with Gasteiger partial charge >= 0.3 is 6.03 Å². The van der Waals surface area contributed by atoms with Gasteiger partial charge in [0.05, 0.1) is 19.3 Å². The van der Waals surface area contributed by atoms with E-state index in [9.17, 15) is 9.90 Å². The number of benzene rings is 2. The molecule has 36 heavy (non-hydrogen) atoms. The predicted octanol–water partition coefficient (Wildman–Crippen LogP) is 4.18. The van der Waals surface area contributed by atoms with Gasteiger partial charge in [-0.25, -0.2) is 4.79 Å². The molecule has 1 aliphatic carbocycles. The Balaban J connectivity index is 1.35. The van der Waals surface area contributed by atoms with Crippen LogP contribution in [-0.2, 0) is 6.42 Å². The van der Waals surface area contributed by atoms with Crippen LogP contribution < -0.4 is 14.4 Å². The van der Waals surface area contributed by atoms with E-state index >= 15 is 0 Å². The van der Waals surface area contributed by atoms with Crippen LogP contribution >= 0.6 is 0 Å². The lowest BCUT2D eigenvalue weighted by Gasteiger charge is -2.44. The monoisotopic (exact) mass is 493 g/mol. The Kier molecular flexibility index (Phi) is 7.85. The van der Waals surface area contributed by atoms with Crippen LogP contribution in [0.4, 0.5) is 10.5 Å². The number of methoxy groups -OCH3 is 1. The molecule has 0 unspecified atom stereocenters. The van der Waals surface area contributed by atoms with E-state index in [-0.39, 0.29) is 30.7 Å². The number of aliphatic hydroxyl groups excluding tert-OH is 1. The molecule has 5 rings (SSSR count). The fourth-order valence-electron chi connectivity index (χ4n) is 5.88. The summed E-state index contributed by atoms with van der Waals surface area (Å²) in [5, 5.41) is 9.56. The highest BCUT2D eigenvalue weighted by Crippen LogP contribution is 2.36. The van der Waals surface area contributed by atoms with Crippen molar-refractivity contribution in [2.75, 3.05) is 51.3 Å². The number of urea groups is 1. The first-order valence-electron chi connectivity index (χ1n) is 13.4. The molecule has 7 heteroatoms. The van der Waals surface area contributed by atoms with Gasteiger partial charge in [-0.1, -0.05) is 30.3 Å². The van der Waals surface area contributed by atoms with E-state index in [0.717, 1.165) is 62.5 Å². The summed E-state index contributed by atoms with van der Waals surface area (Å²) in [6.45, 7) is 3.71.